The summed E-state index contributed by atoms with van der Waals surface area (Å²) in [4.78, 5) is 11.8. The molecule has 0 radical (unpaired) electrons. The van der Waals surface area contributed by atoms with Gasteiger partial charge in [0.1, 0.15) is 10.5 Å². The van der Waals surface area contributed by atoms with Gasteiger partial charge in [0.25, 0.3) is 0 Å². The summed E-state index contributed by atoms with van der Waals surface area (Å²) in [6, 6.07) is 3.73. The number of rotatable bonds is 12. The van der Waals surface area contributed by atoms with E-state index in [1.807, 2.05) is 26.0 Å². The van der Waals surface area contributed by atoms with E-state index in [9.17, 15) is 15.0 Å². The summed E-state index contributed by atoms with van der Waals surface area (Å²) in [6.45, 7) is 5.89. The summed E-state index contributed by atoms with van der Waals surface area (Å²) in [5.41, 5.74) is 2.48. The lowest BCUT2D eigenvalue weighted by molar-refractivity contribution is -0.140. The van der Waals surface area contributed by atoms with Gasteiger partial charge in [0.15, 0.2) is 0 Å². The Bertz CT molecular complexity index is 533. The van der Waals surface area contributed by atoms with Crippen molar-refractivity contribution in [3.63, 3.8) is 0 Å². The van der Waals surface area contributed by atoms with Gasteiger partial charge in [-0.25, -0.2) is 0 Å². The number of carboxylic acid groups (broad SMARTS) is 1. The Hall–Kier alpha value is -1.16. The summed E-state index contributed by atoms with van der Waals surface area (Å²) < 4.78 is -1.04. The molecule has 0 amide bonds. The van der Waals surface area contributed by atoms with Crippen LogP contribution in [0, 0.1) is 13.8 Å². The minimum Gasteiger partial charge on any atom is -0.507 e. The van der Waals surface area contributed by atoms with Crippen LogP contribution in [0.4, 0.5) is 0 Å². The van der Waals surface area contributed by atoms with Crippen LogP contribution in [0.1, 0.15) is 81.4 Å². The molecule has 2 N–H and O–H groups in total. The van der Waals surface area contributed by atoms with Crippen LogP contribution in [0.2, 0.25) is 0 Å². The average Bonchev–Trinajstić information content (AvgIpc) is 2.55. The first-order valence-corrected chi connectivity index (χ1v) is 9.99. The Labute approximate surface area is 158 Å². The van der Waals surface area contributed by atoms with E-state index in [1.165, 1.54) is 38.5 Å². The van der Waals surface area contributed by atoms with Gasteiger partial charge < -0.3 is 10.2 Å². The standard InChI is InChI=1S/C21H34O3S/c1-4-5-6-7-8-9-10-11-12-21(25,20(23)24)15-18-13-16(2)19(22)17(3)14-18/h13-14,22,25H,4-12,15H2,1-3H3,(H,23,24). The fourth-order valence-corrected chi connectivity index (χ4v) is 3.65. The van der Waals surface area contributed by atoms with Crippen molar-refractivity contribution in [2.75, 3.05) is 0 Å². The molecule has 0 bridgehead atoms. The SMILES string of the molecule is CCCCCCCCCCC(S)(Cc1cc(C)c(O)c(C)c1)C(=O)O. The van der Waals surface area contributed by atoms with Crippen molar-refractivity contribution >= 4 is 18.6 Å². The van der Waals surface area contributed by atoms with E-state index in [-0.39, 0.29) is 5.75 Å². The van der Waals surface area contributed by atoms with Crippen LogP contribution in [0.3, 0.4) is 0 Å². The second-order valence-electron chi connectivity index (χ2n) is 7.32. The molecular weight excluding hydrogens is 332 g/mol. The predicted octanol–water partition coefficient (Wildman–Crippen LogP) is 5.84. The molecule has 142 valence electrons. The highest BCUT2D eigenvalue weighted by atomic mass is 32.1. The molecule has 0 aromatic heterocycles. The Kier molecular flexibility index (Phi) is 9.41. The lowest BCUT2D eigenvalue weighted by atomic mass is 9.90. The van der Waals surface area contributed by atoms with Crippen molar-refractivity contribution in [3.05, 3.63) is 28.8 Å². The number of phenolic OH excluding ortho intramolecular Hbond substituents is 1. The number of carbonyl (C=O) groups is 1. The van der Waals surface area contributed by atoms with Gasteiger partial charge in [-0.05, 0) is 43.4 Å². The fraction of sp³-hybridized carbons (Fsp3) is 0.667. The summed E-state index contributed by atoms with van der Waals surface area (Å²) in [5.74, 6) is -0.575. The number of carboxylic acids is 1. The third-order valence-electron chi connectivity index (χ3n) is 4.89. The maximum absolute atomic E-state index is 11.8. The molecule has 1 atom stereocenters. The Morgan fingerprint density at radius 2 is 1.48 bits per heavy atom. The zero-order valence-corrected chi connectivity index (χ0v) is 16.9. The molecule has 0 fully saturated rings. The van der Waals surface area contributed by atoms with Crippen LogP contribution >= 0.6 is 12.6 Å². The number of thiol groups is 1. The molecule has 0 heterocycles. The smallest absolute Gasteiger partial charge is 0.319 e. The molecule has 1 aromatic rings. The second kappa shape index (κ2) is 10.7. The van der Waals surface area contributed by atoms with Crippen LogP contribution in [0.25, 0.3) is 0 Å². The third kappa shape index (κ3) is 7.31. The summed E-state index contributed by atoms with van der Waals surface area (Å²) in [7, 11) is 0. The molecule has 25 heavy (non-hydrogen) atoms. The molecule has 1 unspecified atom stereocenters. The summed E-state index contributed by atoms with van der Waals surface area (Å²) in [6.07, 6.45) is 10.5. The van der Waals surface area contributed by atoms with Gasteiger partial charge in [0.2, 0.25) is 0 Å². The van der Waals surface area contributed by atoms with E-state index in [4.69, 9.17) is 0 Å². The van der Waals surface area contributed by atoms with E-state index >= 15 is 0 Å². The molecule has 1 aromatic carbocycles. The number of unbranched alkanes of at least 4 members (excludes halogenated alkanes) is 7. The van der Waals surface area contributed by atoms with Crippen LogP contribution in [-0.2, 0) is 11.2 Å². The van der Waals surface area contributed by atoms with Crippen molar-refractivity contribution in [2.45, 2.75) is 89.7 Å². The monoisotopic (exact) mass is 366 g/mol. The highest BCUT2D eigenvalue weighted by Crippen LogP contribution is 2.31. The minimum atomic E-state index is -1.04. The van der Waals surface area contributed by atoms with Crippen LogP contribution < -0.4 is 0 Å². The number of aryl methyl sites for hydroxylation is 2. The minimum absolute atomic E-state index is 0.284. The molecule has 0 saturated heterocycles. The topological polar surface area (TPSA) is 57.5 Å². The largest absolute Gasteiger partial charge is 0.507 e. The third-order valence-corrected chi connectivity index (χ3v) is 5.46. The first kappa shape index (κ1) is 21.9. The second-order valence-corrected chi connectivity index (χ2v) is 8.17. The van der Waals surface area contributed by atoms with E-state index in [0.29, 0.717) is 12.8 Å². The van der Waals surface area contributed by atoms with Gasteiger partial charge in [0.05, 0.1) is 0 Å². The molecular formula is C21H34O3S. The molecule has 0 aliphatic heterocycles. The van der Waals surface area contributed by atoms with E-state index in [2.05, 4.69) is 19.6 Å². The van der Waals surface area contributed by atoms with Gasteiger partial charge in [-0.3, -0.25) is 4.79 Å². The van der Waals surface area contributed by atoms with Crippen LogP contribution in [0.5, 0.6) is 5.75 Å². The van der Waals surface area contributed by atoms with Crippen molar-refractivity contribution in [1.82, 2.24) is 0 Å². The average molecular weight is 367 g/mol. The lowest BCUT2D eigenvalue weighted by Crippen LogP contribution is -2.35. The molecule has 3 nitrogen and oxygen atoms in total. The maximum atomic E-state index is 11.8. The van der Waals surface area contributed by atoms with Gasteiger partial charge in [-0.2, -0.15) is 12.6 Å². The van der Waals surface area contributed by atoms with Gasteiger partial charge in [0, 0.05) is 0 Å². The molecule has 0 spiro atoms. The lowest BCUT2D eigenvalue weighted by Gasteiger charge is -2.24. The van der Waals surface area contributed by atoms with E-state index < -0.39 is 10.7 Å². The van der Waals surface area contributed by atoms with Crippen LogP contribution in [0.15, 0.2) is 12.1 Å². The molecule has 0 saturated carbocycles. The number of hydrogen-bond donors (Lipinski definition) is 3. The number of hydrogen-bond acceptors (Lipinski definition) is 3. The number of benzene rings is 1. The van der Waals surface area contributed by atoms with E-state index in [1.54, 1.807) is 0 Å². The summed E-state index contributed by atoms with van der Waals surface area (Å²) >= 11 is 4.53. The number of aliphatic carboxylic acids is 1. The van der Waals surface area contributed by atoms with Crippen molar-refractivity contribution in [1.29, 1.82) is 0 Å². The molecule has 0 aliphatic rings. The normalized spacial score (nSPS) is 13.6. The summed E-state index contributed by atoms with van der Waals surface area (Å²) in [5, 5.41) is 19.5. The van der Waals surface area contributed by atoms with Gasteiger partial charge >= 0.3 is 5.97 Å². The highest BCUT2D eigenvalue weighted by molar-refractivity contribution is 7.82. The molecule has 4 heteroatoms. The zero-order valence-electron chi connectivity index (χ0n) is 16.0. The molecule has 0 aliphatic carbocycles. The molecule has 1 rings (SSSR count). The zero-order chi connectivity index (χ0) is 18.9. The van der Waals surface area contributed by atoms with Crippen molar-refractivity contribution < 1.29 is 15.0 Å². The quantitative estimate of drug-likeness (QED) is 0.322. The Morgan fingerprint density at radius 1 is 1.00 bits per heavy atom. The van der Waals surface area contributed by atoms with Crippen molar-refractivity contribution in [2.24, 2.45) is 0 Å². The number of aromatic hydroxyl groups is 1. The Morgan fingerprint density at radius 3 is 1.96 bits per heavy atom. The Balaban J connectivity index is 2.53. The fourth-order valence-electron chi connectivity index (χ4n) is 3.31. The maximum Gasteiger partial charge on any atom is 0.319 e. The first-order valence-electron chi connectivity index (χ1n) is 9.55. The van der Waals surface area contributed by atoms with Gasteiger partial charge in [-0.15, -0.1) is 0 Å². The van der Waals surface area contributed by atoms with E-state index in [0.717, 1.165) is 29.5 Å². The predicted molar refractivity (Wildman–Crippen MR) is 108 cm³/mol. The van der Waals surface area contributed by atoms with Crippen molar-refractivity contribution in [3.8, 4) is 5.75 Å². The van der Waals surface area contributed by atoms with Gasteiger partial charge in [-0.1, -0.05) is 70.4 Å². The number of phenols is 1. The van der Waals surface area contributed by atoms with Crippen LogP contribution in [-0.4, -0.2) is 20.9 Å². The highest BCUT2D eigenvalue weighted by Gasteiger charge is 2.34. The first-order chi connectivity index (χ1) is 11.8.